The van der Waals surface area contributed by atoms with Crippen LogP contribution in [-0.4, -0.2) is 6.10 Å². The Kier molecular flexibility index (Phi) is 5.76. The predicted octanol–water partition coefficient (Wildman–Crippen LogP) is 6.48. The highest BCUT2D eigenvalue weighted by atomic mass is 16.5. The first-order valence-electron chi connectivity index (χ1n) is 8.75. The summed E-state index contributed by atoms with van der Waals surface area (Å²) in [5.74, 6) is 1.58. The van der Waals surface area contributed by atoms with Crippen LogP contribution in [0.2, 0.25) is 0 Å². The highest BCUT2D eigenvalue weighted by Gasteiger charge is 2.38. The maximum absolute atomic E-state index is 6.32. The van der Waals surface area contributed by atoms with Crippen molar-refractivity contribution < 1.29 is 4.74 Å². The molecule has 126 valence electrons. The molecule has 1 rings (SSSR count). The summed E-state index contributed by atoms with van der Waals surface area (Å²) >= 11 is 0. The van der Waals surface area contributed by atoms with E-state index in [2.05, 4.69) is 81.4 Å². The average Bonchev–Trinajstić information content (AvgIpc) is 2.36. The Morgan fingerprint density at radius 2 is 1.50 bits per heavy atom. The number of hydrogen-bond donors (Lipinski definition) is 0. The monoisotopic (exact) mass is 304 g/mol. The lowest BCUT2D eigenvalue weighted by molar-refractivity contribution is 0.197. The van der Waals surface area contributed by atoms with Crippen LogP contribution in [0.5, 0.6) is 5.75 Å². The molecule has 0 amide bonds. The van der Waals surface area contributed by atoms with Gasteiger partial charge in [-0.25, -0.2) is 0 Å². The molecule has 1 aromatic rings. The van der Waals surface area contributed by atoms with Crippen molar-refractivity contribution in [3.8, 4) is 5.75 Å². The van der Waals surface area contributed by atoms with Gasteiger partial charge in [0.2, 0.25) is 0 Å². The summed E-state index contributed by atoms with van der Waals surface area (Å²) in [6.07, 6.45) is 1.26. The van der Waals surface area contributed by atoms with Gasteiger partial charge in [-0.3, -0.25) is 0 Å². The van der Waals surface area contributed by atoms with Crippen LogP contribution >= 0.6 is 0 Å². The van der Waals surface area contributed by atoms with E-state index in [1.54, 1.807) is 0 Å². The van der Waals surface area contributed by atoms with Gasteiger partial charge < -0.3 is 4.74 Å². The number of hydrogen-bond acceptors (Lipinski definition) is 1. The molecule has 0 radical (unpaired) electrons. The number of aryl methyl sites for hydroxylation is 1. The van der Waals surface area contributed by atoms with Crippen molar-refractivity contribution in [2.45, 2.75) is 93.1 Å². The van der Waals surface area contributed by atoms with Crippen LogP contribution in [-0.2, 0) is 11.8 Å². The average molecular weight is 305 g/mol. The number of benzene rings is 1. The van der Waals surface area contributed by atoms with Crippen molar-refractivity contribution in [2.75, 3.05) is 0 Å². The van der Waals surface area contributed by atoms with Crippen molar-refractivity contribution in [1.82, 2.24) is 0 Å². The molecule has 0 N–H and O–H groups in total. The Bertz CT molecular complexity index is 501. The zero-order valence-corrected chi connectivity index (χ0v) is 16.4. The van der Waals surface area contributed by atoms with Crippen LogP contribution in [0.3, 0.4) is 0 Å². The first-order valence-corrected chi connectivity index (χ1v) is 8.75. The summed E-state index contributed by atoms with van der Waals surface area (Å²) in [5, 5.41) is 0. The molecule has 1 heteroatoms. The van der Waals surface area contributed by atoms with Crippen LogP contribution in [0.25, 0.3) is 0 Å². The fourth-order valence-electron chi connectivity index (χ4n) is 2.58. The van der Waals surface area contributed by atoms with E-state index in [1.807, 2.05) is 0 Å². The van der Waals surface area contributed by atoms with E-state index < -0.39 is 0 Å². The van der Waals surface area contributed by atoms with Crippen molar-refractivity contribution in [3.63, 3.8) is 0 Å². The van der Waals surface area contributed by atoms with E-state index in [9.17, 15) is 0 Å². The van der Waals surface area contributed by atoms with Crippen molar-refractivity contribution in [2.24, 2.45) is 5.41 Å². The smallest absolute Gasteiger partial charge is 0.126 e. The first-order chi connectivity index (χ1) is 9.91. The Balaban J connectivity index is 3.68. The summed E-state index contributed by atoms with van der Waals surface area (Å²) in [4.78, 5) is 0. The molecule has 0 saturated carbocycles. The summed E-state index contributed by atoms with van der Waals surface area (Å²) in [5.41, 5.74) is 4.33. The van der Waals surface area contributed by atoms with Gasteiger partial charge in [-0.2, -0.15) is 0 Å². The Morgan fingerprint density at radius 3 is 1.86 bits per heavy atom. The Labute approximate surface area is 138 Å². The topological polar surface area (TPSA) is 9.23 Å². The second-order valence-electron chi connectivity index (χ2n) is 8.61. The zero-order valence-electron chi connectivity index (χ0n) is 16.4. The lowest BCUT2D eigenvalue weighted by Crippen LogP contribution is -2.35. The predicted molar refractivity (Wildman–Crippen MR) is 98.2 cm³/mol. The van der Waals surface area contributed by atoms with Crippen LogP contribution in [0.4, 0.5) is 0 Å². The van der Waals surface area contributed by atoms with Gasteiger partial charge in [-0.05, 0) is 48.1 Å². The molecule has 0 fully saturated rings. The van der Waals surface area contributed by atoms with Gasteiger partial charge in [0.05, 0.1) is 6.10 Å². The third kappa shape index (κ3) is 3.86. The number of ether oxygens (including phenoxy) is 1. The largest absolute Gasteiger partial charge is 0.490 e. The molecule has 0 aliphatic heterocycles. The zero-order chi connectivity index (χ0) is 17.3. The summed E-state index contributed by atoms with van der Waals surface area (Å²) in [7, 11) is 0. The van der Waals surface area contributed by atoms with Gasteiger partial charge in [0, 0.05) is 5.56 Å². The van der Waals surface area contributed by atoms with E-state index >= 15 is 0 Å². The molecule has 0 saturated heterocycles. The quantitative estimate of drug-likeness (QED) is 0.604. The van der Waals surface area contributed by atoms with Gasteiger partial charge in [-0.15, -0.1) is 0 Å². The summed E-state index contributed by atoms with van der Waals surface area (Å²) < 4.78 is 6.32. The lowest BCUT2D eigenvalue weighted by atomic mass is 9.64. The Morgan fingerprint density at radius 1 is 0.955 bits per heavy atom. The fraction of sp³-hybridized carbons (Fsp3) is 0.714. The third-order valence-corrected chi connectivity index (χ3v) is 5.11. The lowest BCUT2D eigenvalue weighted by Gasteiger charge is -2.41. The van der Waals surface area contributed by atoms with Crippen LogP contribution < -0.4 is 4.74 Å². The van der Waals surface area contributed by atoms with Crippen molar-refractivity contribution >= 4 is 0 Å². The highest BCUT2D eigenvalue weighted by Crippen LogP contribution is 2.47. The standard InChI is InChI=1S/C21H36O/c1-11-16-12-17(14(2)3)19(22-15(4)5)18(13-16)21(9,10)20(6,7)8/h12-15H,11H2,1-10H3. The summed E-state index contributed by atoms with van der Waals surface area (Å²) in [6.45, 7) is 22.6. The molecule has 0 unspecified atom stereocenters. The molecule has 1 aromatic carbocycles. The molecular formula is C21H36O. The van der Waals surface area contributed by atoms with Gasteiger partial charge in [0.1, 0.15) is 5.75 Å². The molecule has 0 bridgehead atoms. The maximum Gasteiger partial charge on any atom is 0.126 e. The fourth-order valence-corrected chi connectivity index (χ4v) is 2.58. The third-order valence-electron chi connectivity index (χ3n) is 5.11. The van der Waals surface area contributed by atoms with E-state index in [1.165, 1.54) is 16.7 Å². The maximum atomic E-state index is 6.32. The van der Waals surface area contributed by atoms with Gasteiger partial charge in [-0.1, -0.05) is 67.5 Å². The van der Waals surface area contributed by atoms with Crippen LogP contribution in [0.15, 0.2) is 12.1 Å². The van der Waals surface area contributed by atoms with E-state index in [4.69, 9.17) is 4.74 Å². The van der Waals surface area contributed by atoms with Gasteiger partial charge in [0.15, 0.2) is 0 Å². The molecule has 1 nitrogen and oxygen atoms in total. The van der Waals surface area contributed by atoms with E-state index in [0.717, 1.165) is 12.2 Å². The molecule has 0 spiro atoms. The number of rotatable bonds is 5. The van der Waals surface area contributed by atoms with Gasteiger partial charge >= 0.3 is 0 Å². The SMILES string of the molecule is CCc1cc(C(C)C)c(OC(C)C)c(C(C)(C)C(C)(C)C)c1. The molecule has 0 atom stereocenters. The molecule has 0 aliphatic rings. The first kappa shape index (κ1) is 19.1. The highest BCUT2D eigenvalue weighted by molar-refractivity contribution is 5.50. The molecule has 0 heterocycles. The minimum Gasteiger partial charge on any atom is -0.490 e. The molecule has 22 heavy (non-hydrogen) atoms. The minimum atomic E-state index is 0.0477. The summed E-state index contributed by atoms with van der Waals surface area (Å²) in [6, 6.07) is 4.71. The minimum absolute atomic E-state index is 0.0477. The van der Waals surface area contributed by atoms with E-state index in [-0.39, 0.29) is 16.9 Å². The second-order valence-corrected chi connectivity index (χ2v) is 8.61. The van der Waals surface area contributed by atoms with Gasteiger partial charge in [0.25, 0.3) is 0 Å². The Hall–Kier alpha value is -0.980. The van der Waals surface area contributed by atoms with Crippen LogP contribution in [0, 0.1) is 5.41 Å². The molecule has 0 aromatic heterocycles. The normalized spacial score (nSPS) is 13.1. The molecular weight excluding hydrogens is 268 g/mol. The van der Waals surface area contributed by atoms with E-state index in [0.29, 0.717) is 5.92 Å². The van der Waals surface area contributed by atoms with Crippen molar-refractivity contribution in [3.05, 3.63) is 28.8 Å². The van der Waals surface area contributed by atoms with Crippen molar-refractivity contribution in [1.29, 1.82) is 0 Å². The second kappa shape index (κ2) is 6.64. The van der Waals surface area contributed by atoms with Crippen LogP contribution in [0.1, 0.15) is 91.8 Å². The molecule has 0 aliphatic carbocycles.